The second-order valence-corrected chi connectivity index (χ2v) is 7.87. The average Bonchev–Trinajstić information content (AvgIpc) is 3.40. The van der Waals surface area contributed by atoms with Crippen molar-refractivity contribution in [2.24, 2.45) is 5.92 Å². The molecule has 164 valence electrons. The van der Waals surface area contributed by atoms with Crippen LogP contribution in [0.2, 0.25) is 0 Å². The van der Waals surface area contributed by atoms with Crippen LogP contribution in [0, 0.1) is 5.92 Å². The maximum atomic E-state index is 13.4. The van der Waals surface area contributed by atoms with Crippen molar-refractivity contribution in [3.05, 3.63) is 60.6 Å². The quantitative estimate of drug-likeness (QED) is 0.665. The van der Waals surface area contributed by atoms with E-state index in [1.165, 1.54) is 0 Å². The van der Waals surface area contributed by atoms with Gasteiger partial charge >= 0.3 is 6.18 Å². The van der Waals surface area contributed by atoms with Crippen LogP contribution in [0.15, 0.2) is 49.2 Å². The van der Waals surface area contributed by atoms with E-state index in [4.69, 9.17) is 0 Å². The molecule has 2 bridgehead atoms. The number of anilines is 1. The summed E-state index contributed by atoms with van der Waals surface area (Å²) in [6.45, 7) is 0.603. The molecule has 0 radical (unpaired) electrons. The van der Waals surface area contributed by atoms with E-state index in [2.05, 4.69) is 30.2 Å². The number of rotatable bonds is 4. The predicted molar refractivity (Wildman–Crippen MR) is 107 cm³/mol. The van der Waals surface area contributed by atoms with Crippen LogP contribution in [0.25, 0.3) is 11.4 Å². The molecule has 1 amide bonds. The zero-order valence-corrected chi connectivity index (χ0v) is 16.7. The highest BCUT2D eigenvalue weighted by atomic mass is 19.4. The summed E-state index contributed by atoms with van der Waals surface area (Å²) < 4.78 is 38.2. The Morgan fingerprint density at radius 3 is 2.47 bits per heavy atom. The van der Waals surface area contributed by atoms with E-state index in [0.29, 0.717) is 30.0 Å². The summed E-state index contributed by atoms with van der Waals surface area (Å²) in [6, 6.07) is 4.93. The number of hydrogen-bond acceptors (Lipinski definition) is 7. The molecule has 2 fully saturated rings. The summed E-state index contributed by atoms with van der Waals surface area (Å²) in [6.07, 6.45) is 3.61. The van der Waals surface area contributed by atoms with Crippen LogP contribution in [0.5, 0.6) is 0 Å². The average molecular weight is 441 g/mol. The van der Waals surface area contributed by atoms with Crippen molar-refractivity contribution in [2.75, 3.05) is 11.9 Å². The minimum absolute atomic E-state index is 0.122. The Hall–Kier alpha value is -3.63. The van der Waals surface area contributed by atoms with Crippen LogP contribution in [0.1, 0.15) is 29.0 Å². The molecular weight excluding hydrogens is 423 g/mol. The summed E-state index contributed by atoms with van der Waals surface area (Å²) in [5.74, 6) is 0.747. The third-order valence-corrected chi connectivity index (χ3v) is 5.84. The third kappa shape index (κ3) is 3.74. The maximum absolute atomic E-state index is 13.4. The van der Waals surface area contributed by atoms with Crippen molar-refractivity contribution in [3.8, 4) is 11.4 Å². The normalized spacial score (nSPS) is 22.2. The van der Waals surface area contributed by atoms with Gasteiger partial charge in [0, 0.05) is 31.2 Å². The number of hydrogen-bond donors (Lipinski definition) is 1. The lowest BCUT2D eigenvalue weighted by atomic mass is 10.0. The van der Waals surface area contributed by atoms with Crippen LogP contribution < -0.4 is 5.32 Å². The molecule has 32 heavy (non-hydrogen) atoms. The first-order valence-electron chi connectivity index (χ1n) is 10.1. The van der Waals surface area contributed by atoms with Crippen LogP contribution in [-0.2, 0) is 6.18 Å². The zero-order chi connectivity index (χ0) is 22.3. The van der Waals surface area contributed by atoms with Gasteiger partial charge in [0.2, 0.25) is 0 Å². The summed E-state index contributed by atoms with van der Waals surface area (Å²) in [5.41, 5.74) is -0.211. The van der Waals surface area contributed by atoms with Gasteiger partial charge in [-0.15, -0.1) is 0 Å². The summed E-state index contributed by atoms with van der Waals surface area (Å²) in [7, 11) is 0. The molecule has 1 aliphatic carbocycles. The van der Waals surface area contributed by atoms with Gasteiger partial charge in [-0.05, 0) is 37.0 Å². The Morgan fingerprint density at radius 2 is 1.78 bits per heavy atom. The van der Waals surface area contributed by atoms with Crippen LogP contribution in [0.3, 0.4) is 0 Å². The number of halogens is 3. The number of alkyl halides is 3. The lowest BCUT2D eigenvalue weighted by Gasteiger charge is -2.34. The highest BCUT2D eigenvalue weighted by Crippen LogP contribution is 2.40. The number of pyridine rings is 1. The van der Waals surface area contributed by atoms with Crippen molar-refractivity contribution in [1.29, 1.82) is 0 Å². The van der Waals surface area contributed by atoms with Gasteiger partial charge in [-0.1, -0.05) is 0 Å². The lowest BCUT2D eigenvalue weighted by Crippen LogP contribution is -2.48. The van der Waals surface area contributed by atoms with Crippen molar-refractivity contribution in [1.82, 2.24) is 29.8 Å². The lowest BCUT2D eigenvalue weighted by molar-refractivity contribution is -0.141. The van der Waals surface area contributed by atoms with E-state index in [1.807, 2.05) is 0 Å². The van der Waals surface area contributed by atoms with Gasteiger partial charge in [0.15, 0.2) is 11.5 Å². The van der Waals surface area contributed by atoms with Gasteiger partial charge in [0.25, 0.3) is 5.91 Å². The van der Waals surface area contributed by atoms with Crippen molar-refractivity contribution in [3.63, 3.8) is 0 Å². The van der Waals surface area contributed by atoms with Crippen molar-refractivity contribution < 1.29 is 18.0 Å². The molecule has 1 saturated heterocycles. The highest BCUT2D eigenvalue weighted by molar-refractivity contribution is 5.98. The molecule has 1 N–H and O–H groups in total. The number of carbonyl (C=O) groups is 1. The van der Waals surface area contributed by atoms with E-state index >= 15 is 0 Å². The number of amides is 1. The molecule has 2 unspecified atom stereocenters. The van der Waals surface area contributed by atoms with Gasteiger partial charge in [-0.2, -0.15) is 13.2 Å². The number of piperidine rings is 1. The van der Waals surface area contributed by atoms with E-state index < -0.39 is 11.9 Å². The minimum atomic E-state index is -4.54. The molecule has 11 heteroatoms. The van der Waals surface area contributed by atoms with Crippen LogP contribution in [0.4, 0.5) is 19.0 Å². The van der Waals surface area contributed by atoms with Crippen LogP contribution in [-0.4, -0.2) is 54.4 Å². The van der Waals surface area contributed by atoms with Gasteiger partial charge in [-0.25, -0.2) is 19.9 Å². The standard InChI is InChI=1S/C21H18F3N7O/c22-21(23,24)16-9-29-17(10-28-16)30-14-7-12-8-15(14)31(11-12)20(32)18-13(3-1-4-25-18)19-26-5-2-6-27-19/h1-6,9-10,12,14-15H,7-8,11H2,(H,29,30)/t12-,14?,15?/m0/s1. The van der Waals surface area contributed by atoms with E-state index in [9.17, 15) is 18.0 Å². The Balaban J connectivity index is 1.35. The molecule has 3 aromatic rings. The molecule has 3 atom stereocenters. The highest BCUT2D eigenvalue weighted by Gasteiger charge is 2.47. The Bertz CT molecular complexity index is 1120. The number of fused-ring (bicyclic) bond motifs is 2. The molecule has 4 heterocycles. The molecule has 2 aliphatic rings. The van der Waals surface area contributed by atoms with Crippen LogP contribution >= 0.6 is 0 Å². The van der Waals surface area contributed by atoms with Crippen molar-refractivity contribution >= 4 is 11.7 Å². The topological polar surface area (TPSA) is 96.8 Å². The molecule has 5 rings (SSSR count). The number of carbonyl (C=O) groups excluding carboxylic acids is 1. The smallest absolute Gasteiger partial charge is 0.364 e. The first kappa shape index (κ1) is 20.3. The van der Waals surface area contributed by atoms with E-state index in [-0.39, 0.29) is 29.5 Å². The number of aromatic nitrogens is 5. The van der Waals surface area contributed by atoms with Gasteiger partial charge in [0.1, 0.15) is 11.5 Å². The second kappa shape index (κ2) is 7.81. The number of nitrogens with zero attached hydrogens (tertiary/aromatic N) is 6. The summed E-state index contributed by atoms with van der Waals surface area (Å²) in [4.78, 5) is 35.3. The largest absolute Gasteiger partial charge is 0.434 e. The monoisotopic (exact) mass is 441 g/mol. The SMILES string of the molecule is O=C(c1ncccc1-c1ncccn1)N1C[C@H]2CC(Nc3cnc(C(F)(F)F)cn3)C1C2. The predicted octanol–water partition coefficient (Wildman–Crippen LogP) is 3.06. The molecule has 0 spiro atoms. The molecular formula is C21H18F3N7O. The first-order chi connectivity index (χ1) is 15.4. The van der Waals surface area contributed by atoms with Crippen molar-refractivity contribution in [2.45, 2.75) is 31.1 Å². The van der Waals surface area contributed by atoms with Gasteiger partial charge < -0.3 is 10.2 Å². The summed E-state index contributed by atoms with van der Waals surface area (Å²) >= 11 is 0. The fourth-order valence-electron chi connectivity index (χ4n) is 4.48. The number of nitrogens with one attached hydrogen (secondary N) is 1. The molecule has 1 saturated carbocycles. The molecule has 1 aliphatic heterocycles. The molecule has 3 aromatic heterocycles. The molecule has 0 aromatic carbocycles. The Morgan fingerprint density at radius 1 is 1.00 bits per heavy atom. The zero-order valence-electron chi connectivity index (χ0n) is 16.7. The second-order valence-electron chi connectivity index (χ2n) is 7.87. The molecule has 8 nitrogen and oxygen atoms in total. The Kier molecular flexibility index (Phi) is 4.95. The number of likely N-dealkylation sites (tertiary alicyclic amines) is 1. The van der Waals surface area contributed by atoms with E-state index in [1.54, 1.807) is 41.7 Å². The summed E-state index contributed by atoms with van der Waals surface area (Å²) in [5, 5.41) is 3.15. The van der Waals surface area contributed by atoms with Gasteiger partial charge in [0.05, 0.1) is 24.0 Å². The maximum Gasteiger partial charge on any atom is 0.434 e. The van der Waals surface area contributed by atoms with Gasteiger partial charge in [-0.3, -0.25) is 9.78 Å². The first-order valence-corrected chi connectivity index (χ1v) is 10.1. The van der Waals surface area contributed by atoms with E-state index in [0.717, 1.165) is 19.0 Å². The fourth-order valence-corrected chi connectivity index (χ4v) is 4.48. The fraction of sp³-hybridized carbons (Fsp3) is 0.333. The Labute approximate surface area is 181 Å². The third-order valence-electron chi connectivity index (χ3n) is 5.84. The minimum Gasteiger partial charge on any atom is -0.364 e.